The van der Waals surface area contributed by atoms with Crippen molar-refractivity contribution in [2.24, 2.45) is 0 Å². The van der Waals surface area contributed by atoms with Gasteiger partial charge in [-0.2, -0.15) is 0 Å². The van der Waals surface area contributed by atoms with Crippen molar-refractivity contribution in [3.05, 3.63) is 143 Å². The van der Waals surface area contributed by atoms with Crippen molar-refractivity contribution in [3.63, 3.8) is 0 Å². The number of ether oxygens (including phenoxy) is 2. The molecule has 3 aliphatic rings. The number of para-hydroxylation sites is 2. The lowest BCUT2D eigenvalue weighted by Gasteiger charge is -2.24. The van der Waals surface area contributed by atoms with Gasteiger partial charge in [-0.1, -0.05) is 97.1 Å². The summed E-state index contributed by atoms with van der Waals surface area (Å²) in [6.07, 6.45) is 5.16. The molecule has 216 valence electrons. The Bertz CT molecular complexity index is 1690. The van der Waals surface area contributed by atoms with E-state index in [4.69, 9.17) is 9.47 Å². The summed E-state index contributed by atoms with van der Waals surface area (Å²) in [7, 11) is 1.83. The van der Waals surface area contributed by atoms with Gasteiger partial charge in [0.1, 0.15) is 5.75 Å². The Kier molecular flexibility index (Phi) is 7.98. The van der Waals surface area contributed by atoms with Crippen LogP contribution in [0.4, 0.5) is 5.69 Å². The topological polar surface area (TPSA) is 21.7 Å². The van der Waals surface area contributed by atoms with Crippen LogP contribution in [0, 0.1) is 0 Å². The normalized spacial score (nSPS) is 14.7. The SMILES string of the molecule is COCc1c2c(-c3ccccc3)c3c(c1-c1ccccc1)CN(C3)c1ccccc1OCCCc1ccc(cc1)CCC2. The second kappa shape index (κ2) is 12.5. The van der Waals surface area contributed by atoms with Crippen LogP contribution in [0.3, 0.4) is 0 Å². The van der Waals surface area contributed by atoms with Crippen molar-refractivity contribution >= 4 is 5.69 Å². The van der Waals surface area contributed by atoms with Gasteiger partial charge in [0.25, 0.3) is 0 Å². The maximum atomic E-state index is 6.48. The highest BCUT2D eigenvalue weighted by Gasteiger charge is 2.32. The minimum Gasteiger partial charge on any atom is -0.491 e. The lowest BCUT2D eigenvalue weighted by atomic mass is 9.81. The fourth-order valence-corrected chi connectivity index (χ4v) is 7.05. The summed E-state index contributed by atoms with van der Waals surface area (Å²) >= 11 is 0. The monoisotopic (exact) mass is 565 g/mol. The summed E-state index contributed by atoms with van der Waals surface area (Å²) in [4.78, 5) is 2.51. The van der Waals surface area contributed by atoms with E-state index in [9.17, 15) is 0 Å². The van der Waals surface area contributed by atoms with Crippen molar-refractivity contribution in [3.8, 4) is 28.0 Å². The van der Waals surface area contributed by atoms with Crippen LogP contribution >= 0.6 is 0 Å². The molecule has 8 rings (SSSR count). The molecule has 43 heavy (non-hydrogen) atoms. The predicted molar refractivity (Wildman–Crippen MR) is 177 cm³/mol. The summed E-state index contributed by atoms with van der Waals surface area (Å²) in [6.45, 7) is 2.97. The first-order valence-electron chi connectivity index (χ1n) is 15.6. The first-order valence-corrected chi connectivity index (χ1v) is 15.6. The molecule has 3 heterocycles. The molecule has 0 amide bonds. The first kappa shape index (κ1) is 27.5. The highest BCUT2D eigenvalue weighted by atomic mass is 16.5. The Labute approximate surface area is 255 Å². The number of methoxy groups -OCH3 is 1. The zero-order valence-corrected chi connectivity index (χ0v) is 25.0. The van der Waals surface area contributed by atoms with Gasteiger partial charge in [-0.15, -0.1) is 0 Å². The van der Waals surface area contributed by atoms with Crippen LogP contribution in [-0.2, 0) is 43.7 Å². The molecule has 5 aromatic rings. The Morgan fingerprint density at radius 2 is 1.19 bits per heavy atom. The van der Waals surface area contributed by atoms with E-state index in [1.54, 1.807) is 0 Å². The van der Waals surface area contributed by atoms with Gasteiger partial charge < -0.3 is 14.4 Å². The smallest absolute Gasteiger partial charge is 0.142 e. The Morgan fingerprint density at radius 3 is 1.86 bits per heavy atom. The average molecular weight is 566 g/mol. The summed E-state index contributed by atoms with van der Waals surface area (Å²) in [5.74, 6) is 0.964. The van der Waals surface area contributed by atoms with Gasteiger partial charge in [0, 0.05) is 20.2 Å². The number of nitrogens with zero attached hydrogens (tertiary/aromatic N) is 1. The van der Waals surface area contributed by atoms with Crippen LogP contribution in [0.15, 0.2) is 109 Å². The molecule has 0 aromatic heterocycles. The lowest BCUT2D eigenvalue weighted by molar-refractivity contribution is 0.184. The van der Waals surface area contributed by atoms with E-state index < -0.39 is 0 Å². The fraction of sp³-hybridized carbons (Fsp3) is 0.250. The number of benzene rings is 5. The summed E-state index contributed by atoms with van der Waals surface area (Å²) < 4.78 is 12.5. The molecular weight excluding hydrogens is 526 g/mol. The predicted octanol–water partition coefficient (Wildman–Crippen LogP) is 9.19. The van der Waals surface area contributed by atoms with Gasteiger partial charge in [0.15, 0.2) is 0 Å². The lowest BCUT2D eigenvalue weighted by Crippen LogP contribution is -2.16. The fourth-order valence-electron chi connectivity index (χ4n) is 7.05. The number of hydrogen-bond donors (Lipinski definition) is 0. The number of fused-ring (bicyclic) bond motifs is 7. The molecule has 0 spiro atoms. The van der Waals surface area contributed by atoms with E-state index in [0.717, 1.165) is 56.6 Å². The molecule has 0 radical (unpaired) electrons. The number of rotatable bonds is 4. The Balaban J connectivity index is 1.46. The average Bonchev–Trinajstić information content (AvgIpc) is 3.49. The maximum Gasteiger partial charge on any atom is 0.142 e. The molecule has 3 aliphatic heterocycles. The molecule has 0 fully saturated rings. The van der Waals surface area contributed by atoms with Gasteiger partial charge in [0.05, 0.1) is 18.9 Å². The third kappa shape index (κ3) is 5.58. The van der Waals surface area contributed by atoms with Crippen LogP contribution in [0.25, 0.3) is 22.3 Å². The highest BCUT2D eigenvalue weighted by Crippen LogP contribution is 2.47. The Morgan fingerprint density at radius 1 is 0.605 bits per heavy atom. The van der Waals surface area contributed by atoms with Crippen molar-refractivity contribution in [1.29, 1.82) is 0 Å². The molecule has 0 aliphatic carbocycles. The summed E-state index contributed by atoms with van der Waals surface area (Å²) in [5, 5.41) is 0. The molecule has 0 unspecified atom stereocenters. The van der Waals surface area contributed by atoms with Crippen molar-refractivity contribution in [2.45, 2.75) is 51.8 Å². The zero-order chi connectivity index (χ0) is 29.0. The summed E-state index contributed by atoms with van der Waals surface area (Å²) in [5.41, 5.74) is 14.8. The highest BCUT2D eigenvalue weighted by molar-refractivity contribution is 5.85. The molecule has 3 nitrogen and oxygen atoms in total. The van der Waals surface area contributed by atoms with Gasteiger partial charge in [-0.25, -0.2) is 0 Å². The van der Waals surface area contributed by atoms with E-state index >= 15 is 0 Å². The maximum absolute atomic E-state index is 6.48. The van der Waals surface area contributed by atoms with Crippen LogP contribution in [0.1, 0.15) is 46.2 Å². The molecular formula is C40H39NO2. The third-order valence-electron chi connectivity index (χ3n) is 9.04. The van der Waals surface area contributed by atoms with Crippen LogP contribution in [0.2, 0.25) is 0 Å². The minimum absolute atomic E-state index is 0.584. The first-order chi connectivity index (χ1) is 21.3. The van der Waals surface area contributed by atoms with Gasteiger partial charge in [-0.05, 0) is 99.9 Å². The quantitative estimate of drug-likeness (QED) is 0.217. The second-order valence-corrected chi connectivity index (χ2v) is 11.8. The largest absolute Gasteiger partial charge is 0.491 e. The van der Waals surface area contributed by atoms with Gasteiger partial charge in [0.2, 0.25) is 0 Å². The summed E-state index contributed by atoms with van der Waals surface area (Å²) in [6, 6.07) is 39.8. The Hall–Kier alpha value is -4.34. The molecule has 5 aromatic carbocycles. The van der Waals surface area contributed by atoms with Crippen LogP contribution in [-0.4, -0.2) is 13.7 Å². The third-order valence-corrected chi connectivity index (χ3v) is 9.04. The van der Waals surface area contributed by atoms with Crippen LogP contribution in [0.5, 0.6) is 5.75 Å². The van der Waals surface area contributed by atoms with E-state index in [-0.39, 0.29) is 0 Å². The zero-order valence-electron chi connectivity index (χ0n) is 25.0. The molecule has 0 N–H and O–H groups in total. The van der Waals surface area contributed by atoms with E-state index in [1.165, 1.54) is 55.6 Å². The molecule has 0 saturated heterocycles. The van der Waals surface area contributed by atoms with Crippen LogP contribution < -0.4 is 9.64 Å². The molecule has 0 atom stereocenters. The van der Waals surface area contributed by atoms with Gasteiger partial charge in [-0.3, -0.25) is 0 Å². The van der Waals surface area contributed by atoms with Gasteiger partial charge >= 0.3 is 0 Å². The standard InChI is InChI=1S/C40H39NO2/c1-42-28-36-33-18-10-12-29-21-23-30(24-22-29)13-11-25-43-38-20-9-8-19-37(38)41-26-34(39(33)31-14-4-2-5-15-31)35(27-41)40(36)32-16-6-3-7-17-32/h2-9,14-17,19-24H,10-13,18,25-28H2,1H3. The van der Waals surface area contributed by atoms with E-state index in [2.05, 4.69) is 114 Å². The molecule has 5 bridgehead atoms. The second-order valence-electron chi connectivity index (χ2n) is 11.8. The number of anilines is 1. The van der Waals surface area contributed by atoms with E-state index in [0.29, 0.717) is 13.2 Å². The van der Waals surface area contributed by atoms with Crippen molar-refractivity contribution in [1.82, 2.24) is 0 Å². The minimum atomic E-state index is 0.584. The number of aryl methyl sites for hydroxylation is 2. The molecule has 0 saturated carbocycles. The molecule has 3 heteroatoms. The van der Waals surface area contributed by atoms with Crippen molar-refractivity contribution < 1.29 is 9.47 Å². The van der Waals surface area contributed by atoms with E-state index in [1.807, 2.05) is 7.11 Å². The van der Waals surface area contributed by atoms with Crippen molar-refractivity contribution in [2.75, 3.05) is 18.6 Å². The number of hydrogen-bond acceptors (Lipinski definition) is 3.